The largest absolute Gasteiger partial charge is 0.457 e. The first kappa shape index (κ1) is 29.2. The van der Waals surface area contributed by atoms with Crippen LogP contribution >= 0.6 is 0 Å². The summed E-state index contributed by atoms with van der Waals surface area (Å²) < 4.78 is 13.1. The number of hydrogen-bond acceptors (Lipinski definition) is 8. The van der Waals surface area contributed by atoms with Crippen LogP contribution in [0.5, 0.6) is 11.5 Å². The van der Waals surface area contributed by atoms with Crippen molar-refractivity contribution in [2.45, 2.75) is 38.8 Å². The molecule has 1 fully saturated rings. The number of hydrogen-bond donors (Lipinski definition) is 1. The van der Waals surface area contributed by atoms with Crippen LogP contribution in [0.3, 0.4) is 0 Å². The summed E-state index contributed by atoms with van der Waals surface area (Å²) in [7, 11) is 1.70. The Labute approximate surface area is 246 Å². The van der Waals surface area contributed by atoms with E-state index in [4.69, 9.17) is 20.3 Å². The van der Waals surface area contributed by atoms with E-state index in [1.807, 2.05) is 70.3 Å². The average molecular weight is 570 g/mol. The number of carbonyl (C=O) groups is 1. The van der Waals surface area contributed by atoms with Gasteiger partial charge in [0, 0.05) is 51.0 Å². The lowest BCUT2D eigenvalue weighted by Crippen LogP contribution is -2.40. The Bertz CT molecular complexity index is 1500. The van der Waals surface area contributed by atoms with Gasteiger partial charge in [-0.05, 0) is 63.1 Å². The molecule has 1 atom stereocenters. The lowest BCUT2D eigenvalue weighted by Gasteiger charge is -2.32. The SMILES string of the molecule is COCCN(C/C=C/C(=O)N1CCC[C@@H](n2nc(-c3ccc(Oc4ccccc4)cc3)c3c(N)ncnc32)C1)C(C)C. The molecule has 3 heterocycles. The van der Waals surface area contributed by atoms with Gasteiger partial charge in [-0.15, -0.1) is 0 Å². The van der Waals surface area contributed by atoms with Gasteiger partial charge in [-0.2, -0.15) is 5.10 Å². The van der Waals surface area contributed by atoms with E-state index in [1.165, 1.54) is 6.33 Å². The lowest BCUT2D eigenvalue weighted by molar-refractivity contribution is -0.127. The summed E-state index contributed by atoms with van der Waals surface area (Å²) in [6, 6.07) is 17.7. The van der Waals surface area contributed by atoms with Crippen molar-refractivity contribution in [3.8, 4) is 22.8 Å². The molecule has 2 N–H and O–H groups in total. The smallest absolute Gasteiger partial charge is 0.246 e. The van der Waals surface area contributed by atoms with E-state index in [-0.39, 0.29) is 11.9 Å². The van der Waals surface area contributed by atoms with Crippen LogP contribution in [0.1, 0.15) is 32.7 Å². The molecule has 42 heavy (non-hydrogen) atoms. The van der Waals surface area contributed by atoms with E-state index >= 15 is 0 Å². The molecule has 1 amide bonds. The molecule has 10 heteroatoms. The predicted molar refractivity (Wildman–Crippen MR) is 164 cm³/mol. The Kier molecular flexibility index (Phi) is 9.45. The summed E-state index contributed by atoms with van der Waals surface area (Å²) in [5.74, 6) is 1.88. The van der Waals surface area contributed by atoms with Crippen LogP contribution in [-0.2, 0) is 9.53 Å². The van der Waals surface area contributed by atoms with Crippen molar-refractivity contribution in [3.63, 3.8) is 0 Å². The molecule has 0 spiro atoms. The molecule has 4 aromatic rings. The Morgan fingerprint density at radius 2 is 1.88 bits per heavy atom. The second kappa shape index (κ2) is 13.6. The molecule has 0 unspecified atom stereocenters. The molecule has 0 aliphatic carbocycles. The minimum Gasteiger partial charge on any atom is -0.457 e. The van der Waals surface area contributed by atoms with Crippen molar-refractivity contribution in [1.82, 2.24) is 29.5 Å². The molecule has 220 valence electrons. The Morgan fingerprint density at radius 1 is 1.12 bits per heavy atom. The fraction of sp³-hybridized carbons (Fsp3) is 0.375. The summed E-state index contributed by atoms with van der Waals surface area (Å²) in [5, 5.41) is 5.71. The maximum absolute atomic E-state index is 13.2. The van der Waals surface area contributed by atoms with Crippen molar-refractivity contribution >= 4 is 22.8 Å². The van der Waals surface area contributed by atoms with Gasteiger partial charge in [-0.25, -0.2) is 14.6 Å². The molecule has 0 saturated carbocycles. The summed E-state index contributed by atoms with van der Waals surface area (Å²) in [4.78, 5) is 26.1. The van der Waals surface area contributed by atoms with Gasteiger partial charge in [0.2, 0.25) is 5.91 Å². The maximum atomic E-state index is 13.2. The highest BCUT2D eigenvalue weighted by Crippen LogP contribution is 2.35. The van der Waals surface area contributed by atoms with Gasteiger partial charge in [0.1, 0.15) is 29.3 Å². The van der Waals surface area contributed by atoms with Gasteiger partial charge in [-0.3, -0.25) is 9.69 Å². The van der Waals surface area contributed by atoms with Crippen molar-refractivity contribution in [3.05, 3.63) is 73.1 Å². The average Bonchev–Trinajstić information content (AvgIpc) is 3.40. The number of piperidine rings is 1. The molecule has 0 radical (unpaired) electrons. The van der Waals surface area contributed by atoms with Gasteiger partial charge in [0.25, 0.3) is 0 Å². The zero-order chi connectivity index (χ0) is 29.5. The second-order valence-corrected chi connectivity index (χ2v) is 10.8. The number of nitrogen functional groups attached to an aromatic ring is 1. The van der Waals surface area contributed by atoms with Crippen LogP contribution in [0.15, 0.2) is 73.1 Å². The molecule has 1 aliphatic rings. The van der Waals surface area contributed by atoms with E-state index in [1.54, 1.807) is 13.2 Å². The number of methoxy groups -OCH3 is 1. The molecule has 10 nitrogen and oxygen atoms in total. The molecule has 1 aliphatic heterocycles. The van der Waals surface area contributed by atoms with Crippen LogP contribution in [0.2, 0.25) is 0 Å². The topological polar surface area (TPSA) is 112 Å². The molecule has 1 saturated heterocycles. The third-order valence-corrected chi connectivity index (χ3v) is 7.59. The fourth-order valence-electron chi connectivity index (χ4n) is 5.28. The highest BCUT2D eigenvalue weighted by molar-refractivity contribution is 5.98. The van der Waals surface area contributed by atoms with Crippen molar-refractivity contribution in [2.75, 3.05) is 45.6 Å². The van der Waals surface area contributed by atoms with Crippen LogP contribution in [0.25, 0.3) is 22.3 Å². The Balaban J connectivity index is 1.34. The summed E-state index contributed by atoms with van der Waals surface area (Å²) in [6.45, 7) is 7.73. The van der Waals surface area contributed by atoms with E-state index < -0.39 is 0 Å². The number of benzene rings is 2. The summed E-state index contributed by atoms with van der Waals surface area (Å²) in [5.41, 5.74) is 8.63. The normalized spacial score (nSPS) is 15.7. The first-order valence-corrected chi connectivity index (χ1v) is 14.4. The monoisotopic (exact) mass is 569 g/mol. The number of ether oxygens (including phenoxy) is 2. The van der Waals surface area contributed by atoms with E-state index in [0.29, 0.717) is 54.8 Å². The van der Waals surface area contributed by atoms with Crippen LogP contribution in [0, 0.1) is 0 Å². The number of aromatic nitrogens is 4. The van der Waals surface area contributed by atoms with Gasteiger partial charge in [0.15, 0.2) is 5.65 Å². The molecule has 0 bridgehead atoms. The predicted octanol–water partition coefficient (Wildman–Crippen LogP) is 4.94. The molecular formula is C32H39N7O3. The molecule has 2 aromatic carbocycles. The molecule has 2 aromatic heterocycles. The van der Waals surface area contributed by atoms with Gasteiger partial charge >= 0.3 is 0 Å². The number of para-hydroxylation sites is 1. The third-order valence-electron chi connectivity index (χ3n) is 7.59. The van der Waals surface area contributed by atoms with E-state index in [0.717, 1.165) is 36.4 Å². The molecular weight excluding hydrogens is 530 g/mol. The first-order chi connectivity index (χ1) is 20.4. The minimum atomic E-state index is -0.0313. The minimum absolute atomic E-state index is 0.00924. The van der Waals surface area contributed by atoms with Crippen LogP contribution in [-0.4, -0.2) is 81.4 Å². The van der Waals surface area contributed by atoms with Gasteiger partial charge in [0.05, 0.1) is 18.0 Å². The maximum Gasteiger partial charge on any atom is 0.246 e. The number of carbonyl (C=O) groups excluding carboxylic acids is 1. The number of rotatable bonds is 11. The van der Waals surface area contributed by atoms with Crippen LogP contribution < -0.4 is 10.5 Å². The van der Waals surface area contributed by atoms with Crippen molar-refractivity contribution in [2.24, 2.45) is 0 Å². The zero-order valence-electron chi connectivity index (χ0n) is 24.5. The lowest BCUT2D eigenvalue weighted by atomic mass is 10.1. The van der Waals surface area contributed by atoms with E-state index in [2.05, 4.69) is 28.7 Å². The van der Waals surface area contributed by atoms with Gasteiger partial charge < -0.3 is 20.1 Å². The molecule has 5 rings (SSSR count). The highest BCUT2D eigenvalue weighted by Gasteiger charge is 2.28. The number of anilines is 1. The Hall–Kier alpha value is -4.28. The van der Waals surface area contributed by atoms with E-state index in [9.17, 15) is 4.79 Å². The number of nitrogens with two attached hydrogens (primary N) is 1. The second-order valence-electron chi connectivity index (χ2n) is 10.8. The van der Waals surface area contributed by atoms with Crippen molar-refractivity contribution < 1.29 is 14.3 Å². The zero-order valence-corrected chi connectivity index (χ0v) is 24.5. The number of fused-ring (bicyclic) bond motifs is 1. The standard InChI is InChI=1S/C32H39N7O3/c1-23(2)37(19-20-41-3)17-8-12-28(40)38-18-7-9-25(21-38)39-32-29(31(33)34-22-35-32)30(36-39)24-13-15-27(16-14-24)42-26-10-5-4-6-11-26/h4-6,8,10-16,22-23,25H,7,9,17-21H2,1-3H3,(H2,33,34,35)/b12-8+/t25-/m1/s1. The summed E-state index contributed by atoms with van der Waals surface area (Å²) in [6.07, 6.45) is 6.86. The fourth-order valence-corrected chi connectivity index (χ4v) is 5.28. The Morgan fingerprint density at radius 3 is 2.62 bits per heavy atom. The number of likely N-dealkylation sites (tertiary alicyclic amines) is 1. The first-order valence-electron chi connectivity index (χ1n) is 14.4. The summed E-state index contributed by atoms with van der Waals surface area (Å²) >= 11 is 0. The quantitative estimate of drug-likeness (QED) is 0.253. The van der Waals surface area contributed by atoms with Gasteiger partial charge in [-0.1, -0.05) is 24.3 Å². The third kappa shape index (κ3) is 6.78. The van der Waals surface area contributed by atoms with Crippen molar-refractivity contribution in [1.29, 1.82) is 0 Å². The van der Waals surface area contributed by atoms with Crippen LogP contribution in [0.4, 0.5) is 5.82 Å². The highest BCUT2D eigenvalue weighted by atomic mass is 16.5. The number of nitrogens with zero attached hydrogens (tertiary/aromatic N) is 6. The number of amides is 1.